The second-order valence-corrected chi connectivity index (χ2v) is 9.80. The van der Waals surface area contributed by atoms with E-state index in [-0.39, 0.29) is 25.4 Å². The fraction of sp³-hybridized carbons (Fsp3) is 0.571. The number of hydrogen-bond acceptors (Lipinski definition) is 2. The Morgan fingerprint density at radius 2 is 1.43 bits per heavy atom. The minimum Gasteiger partial charge on any atom is -0.207 e. The first-order chi connectivity index (χ1) is 9.23. The third kappa shape index (κ3) is 5.61. The van der Waals surface area contributed by atoms with Crippen LogP contribution in [0.2, 0.25) is 15.1 Å². The lowest BCUT2D eigenvalue weighted by Gasteiger charge is -2.33. The Bertz CT molecular complexity index is 634. The van der Waals surface area contributed by atoms with Crippen LogP contribution >= 0.6 is 34.8 Å². The molecule has 1 aromatic carbocycles. The first-order valence-electron chi connectivity index (χ1n) is 6.42. The summed E-state index contributed by atoms with van der Waals surface area (Å²) in [6.45, 7) is 9.82. The molecule has 120 valence electrons. The van der Waals surface area contributed by atoms with Gasteiger partial charge >= 0.3 is 0 Å². The van der Waals surface area contributed by atoms with Crippen molar-refractivity contribution in [3.05, 3.63) is 27.2 Å². The maximum Gasteiger partial charge on any atom is 0.242 e. The third-order valence-corrected chi connectivity index (χ3v) is 5.53. The van der Waals surface area contributed by atoms with Gasteiger partial charge in [-0.2, -0.15) is 0 Å². The van der Waals surface area contributed by atoms with Gasteiger partial charge in [-0.3, -0.25) is 0 Å². The summed E-state index contributed by atoms with van der Waals surface area (Å²) in [6, 6.07) is 2.60. The molecule has 0 aromatic heterocycles. The molecule has 0 fully saturated rings. The van der Waals surface area contributed by atoms with Crippen LogP contribution < -0.4 is 4.72 Å². The van der Waals surface area contributed by atoms with Gasteiger partial charge in [-0.05, 0) is 37.8 Å². The highest BCUT2D eigenvalue weighted by molar-refractivity contribution is 7.89. The molecule has 0 aliphatic heterocycles. The van der Waals surface area contributed by atoms with Crippen molar-refractivity contribution in [2.75, 3.05) is 0 Å². The summed E-state index contributed by atoms with van der Waals surface area (Å²) in [5.74, 6) is 0. The Balaban J connectivity index is 3.16. The van der Waals surface area contributed by atoms with Crippen molar-refractivity contribution >= 4 is 44.8 Å². The minimum atomic E-state index is -3.79. The molecule has 1 N–H and O–H groups in total. The molecule has 0 amide bonds. The molecule has 21 heavy (non-hydrogen) atoms. The fourth-order valence-electron chi connectivity index (χ4n) is 2.49. The highest BCUT2D eigenvalue weighted by Gasteiger charge is 2.31. The van der Waals surface area contributed by atoms with Crippen LogP contribution in [-0.4, -0.2) is 14.0 Å². The third-order valence-electron chi connectivity index (χ3n) is 2.65. The van der Waals surface area contributed by atoms with Crippen LogP contribution in [0.5, 0.6) is 0 Å². The molecule has 0 heterocycles. The number of nitrogens with one attached hydrogen (secondary N) is 1. The molecule has 0 aliphatic carbocycles. The lowest BCUT2D eigenvalue weighted by Crippen LogP contribution is -2.45. The van der Waals surface area contributed by atoms with E-state index in [2.05, 4.69) is 25.5 Å². The van der Waals surface area contributed by atoms with E-state index in [1.165, 1.54) is 12.1 Å². The zero-order chi connectivity index (χ0) is 16.6. The van der Waals surface area contributed by atoms with Crippen LogP contribution in [0.4, 0.5) is 0 Å². The van der Waals surface area contributed by atoms with E-state index < -0.39 is 15.6 Å². The first-order valence-corrected chi connectivity index (χ1v) is 9.04. The van der Waals surface area contributed by atoms with E-state index in [4.69, 9.17) is 34.8 Å². The standard InChI is InChI=1S/C14H20Cl3NO2S/c1-13(2,3)8-14(4,5)18-21(19,20)12-7-10(16)9(15)6-11(12)17/h6-7,18H,8H2,1-5H3. The van der Waals surface area contributed by atoms with E-state index in [0.717, 1.165) is 0 Å². The van der Waals surface area contributed by atoms with Crippen LogP contribution in [0.25, 0.3) is 0 Å². The topological polar surface area (TPSA) is 46.2 Å². The molecule has 0 saturated heterocycles. The van der Waals surface area contributed by atoms with Crippen LogP contribution in [-0.2, 0) is 10.0 Å². The Labute approximate surface area is 142 Å². The summed E-state index contributed by atoms with van der Waals surface area (Å²) >= 11 is 17.7. The summed E-state index contributed by atoms with van der Waals surface area (Å²) in [5, 5.41) is 0.410. The van der Waals surface area contributed by atoms with Gasteiger partial charge in [0.15, 0.2) is 0 Å². The highest BCUT2D eigenvalue weighted by atomic mass is 35.5. The van der Waals surface area contributed by atoms with Gasteiger partial charge in [0.2, 0.25) is 10.0 Å². The SMILES string of the molecule is CC(C)(C)CC(C)(C)NS(=O)(=O)c1cc(Cl)c(Cl)cc1Cl. The summed E-state index contributed by atoms with van der Waals surface area (Å²) in [7, 11) is -3.79. The molecular weight excluding hydrogens is 353 g/mol. The smallest absolute Gasteiger partial charge is 0.207 e. The van der Waals surface area contributed by atoms with Crippen LogP contribution in [0.15, 0.2) is 17.0 Å². The van der Waals surface area contributed by atoms with Crippen LogP contribution in [0.3, 0.4) is 0 Å². The van der Waals surface area contributed by atoms with E-state index in [1.807, 2.05) is 13.8 Å². The predicted octanol–water partition coefficient (Wildman–Crippen LogP) is 5.14. The summed E-state index contributed by atoms with van der Waals surface area (Å²) in [6.07, 6.45) is 0.665. The molecule has 0 saturated carbocycles. The average Bonchev–Trinajstić information content (AvgIpc) is 2.17. The van der Waals surface area contributed by atoms with Gasteiger partial charge in [-0.1, -0.05) is 55.6 Å². The normalized spacial score (nSPS) is 13.5. The number of rotatable bonds is 4. The van der Waals surface area contributed by atoms with Crippen molar-refractivity contribution in [1.29, 1.82) is 0 Å². The summed E-state index contributed by atoms with van der Waals surface area (Å²) < 4.78 is 27.7. The number of halogens is 3. The molecule has 0 aliphatic rings. The van der Waals surface area contributed by atoms with Crippen molar-refractivity contribution in [3.8, 4) is 0 Å². The summed E-state index contributed by atoms with van der Waals surface area (Å²) in [5.41, 5.74) is -0.639. The zero-order valence-electron chi connectivity index (χ0n) is 12.7. The van der Waals surface area contributed by atoms with Crippen LogP contribution in [0, 0.1) is 5.41 Å². The number of sulfonamides is 1. The Hall–Kier alpha value is -0.000000000000000111. The number of hydrogen-bond donors (Lipinski definition) is 1. The van der Waals surface area contributed by atoms with Gasteiger partial charge in [-0.15, -0.1) is 0 Å². The Morgan fingerprint density at radius 1 is 0.952 bits per heavy atom. The minimum absolute atomic E-state index is 0.0204. The van der Waals surface area contributed by atoms with Gasteiger partial charge in [0.1, 0.15) is 4.90 Å². The molecular formula is C14H20Cl3NO2S. The molecule has 0 radical (unpaired) electrons. The van der Waals surface area contributed by atoms with Gasteiger partial charge in [0.25, 0.3) is 0 Å². The predicted molar refractivity (Wildman–Crippen MR) is 89.9 cm³/mol. The lowest BCUT2D eigenvalue weighted by atomic mass is 9.82. The van der Waals surface area contributed by atoms with Crippen molar-refractivity contribution in [2.24, 2.45) is 5.41 Å². The second-order valence-electron chi connectivity index (χ2n) is 6.92. The van der Waals surface area contributed by atoms with Gasteiger partial charge in [0.05, 0.1) is 15.1 Å². The monoisotopic (exact) mass is 371 g/mol. The summed E-state index contributed by atoms with van der Waals surface area (Å²) in [4.78, 5) is -0.0689. The molecule has 0 spiro atoms. The zero-order valence-corrected chi connectivity index (χ0v) is 15.8. The van der Waals surface area contributed by atoms with Crippen molar-refractivity contribution in [3.63, 3.8) is 0 Å². The molecule has 0 bridgehead atoms. The van der Waals surface area contributed by atoms with Gasteiger partial charge in [-0.25, -0.2) is 13.1 Å². The van der Waals surface area contributed by atoms with Crippen LogP contribution in [0.1, 0.15) is 41.0 Å². The largest absolute Gasteiger partial charge is 0.242 e. The Kier molecular flexibility index (Phi) is 5.67. The first kappa shape index (κ1) is 19.0. The number of benzene rings is 1. The van der Waals surface area contributed by atoms with Crippen molar-refractivity contribution in [2.45, 2.75) is 51.5 Å². The van der Waals surface area contributed by atoms with Crippen molar-refractivity contribution < 1.29 is 8.42 Å². The molecule has 1 aromatic rings. The molecule has 3 nitrogen and oxygen atoms in total. The van der Waals surface area contributed by atoms with E-state index in [9.17, 15) is 8.42 Å². The molecule has 0 atom stereocenters. The molecule has 7 heteroatoms. The van der Waals surface area contributed by atoms with E-state index in [1.54, 1.807) is 0 Å². The van der Waals surface area contributed by atoms with E-state index in [0.29, 0.717) is 6.42 Å². The van der Waals surface area contributed by atoms with E-state index >= 15 is 0 Å². The average molecular weight is 373 g/mol. The van der Waals surface area contributed by atoms with Gasteiger partial charge in [0, 0.05) is 5.54 Å². The Morgan fingerprint density at radius 3 is 1.90 bits per heavy atom. The van der Waals surface area contributed by atoms with Crippen molar-refractivity contribution in [1.82, 2.24) is 4.72 Å². The highest BCUT2D eigenvalue weighted by Crippen LogP contribution is 2.33. The fourth-order valence-corrected chi connectivity index (χ4v) is 4.91. The maximum atomic E-state index is 12.5. The quantitative estimate of drug-likeness (QED) is 0.744. The maximum absolute atomic E-state index is 12.5. The lowest BCUT2D eigenvalue weighted by molar-refractivity contribution is 0.269. The second kappa shape index (κ2) is 6.25. The van der Waals surface area contributed by atoms with Gasteiger partial charge < -0.3 is 0 Å². The molecule has 1 rings (SSSR count). The molecule has 0 unspecified atom stereocenters.